The number of benzene rings is 1. The van der Waals surface area contributed by atoms with Gasteiger partial charge in [0, 0.05) is 0 Å². The first-order valence-corrected chi connectivity index (χ1v) is 8.02. The van der Waals surface area contributed by atoms with Gasteiger partial charge in [-0.1, -0.05) is 27.2 Å². The molecule has 2 bridgehead atoms. The van der Waals surface area contributed by atoms with E-state index in [4.69, 9.17) is 13.6 Å². The molecule has 3 atom stereocenters. The lowest BCUT2D eigenvalue weighted by Gasteiger charge is -2.36. The standard InChI is InChI=1S/C18H22O3/c1-10(2)12-5-4-11(3)8-16(12)21-18-17-13(9-19-18)14-6-7-15(17)20-14/h6-7,9-12,16H,4-5,8H2,1-3H3. The summed E-state index contributed by atoms with van der Waals surface area (Å²) in [6.45, 7) is 6.90. The van der Waals surface area contributed by atoms with Gasteiger partial charge in [-0.15, -0.1) is 0 Å². The summed E-state index contributed by atoms with van der Waals surface area (Å²) < 4.78 is 17.7. The van der Waals surface area contributed by atoms with E-state index in [9.17, 15) is 0 Å². The fourth-order valence-electron chi connectivity index (χ4n) is 3.85. The zero-order valence-electron chi connectivity index (χ0n) is 12.9. The highest BCUT2D eigenvalue weighted by Crippen LogP contribution is 2.42. The van der Waals surface area contributed by atoms with Gasteiger partial charge in [-0.3, -0.25) is 0 Å². The average molecular weight is 286 g/mol. The third kappa shape index (κ3) is 2.02. The Morgan fingerprint density at radius 3 is 2.81 bits per heavy atom. The van der Waals surface area contributed by atoms with E-state index in [1.165, 1.54) is 12.8 Å². The highest BCUT2D eigenvalue weighted by molar-refractivity contribution is 6.09. The molecule has 0 aliphatic heterocycles. The van der Waals surface area contributed by atoms with Gasteiger partial charge in [0.15, 0.2) is 0 Å². The van der Waals surface area contributed by atoms with Gasteiger partial charge >= 0.3 is 0 Å². The maximum atomic E-state index is 6.32. The Bertz CT molecular complexity index is 736. The monoisotopic (exact) mass is 286 g/mol. The van der Waals surface area contributed by atoms with Crippen molar-refractivity contribution in [2.45, 2.75) is 46.1 Å². The minimum absolute atomic E-state index is 0.248. The molecule has 3 aromatic rings. The predicted molar refractivity (Wildman–Crippen MR) is 82.9 cm³/mol. The van der Waals surface area contributed by atoms with Crippen LogP contribution >= 0.6 is 0 Å². The van der Waals surface area contributed by atoms with Gasteiger partial charge in [0.25, 0.3) is 5.95 Å². The average Bonchev–Trinajstić information content (AvgIpc) is 3.11. The highest BCUT2D eigenvalue weighted by atomic mass is 16.6. The molecule has 1 aliphatic carbocycles. The van der Waals surface area contributed by atoms with Crippen molar-refractivity contribution in [1.29, 1.82) is 0 Å². The molecule has 3 unspecified atom stereocenters. The maximum absolute atomic E-state index is 6.32. The molecular formula is C18H22O3. The van der Waals surface area contributed by atoms with Crippen molar-refractivity contribution in [3.8, 4) is 5.95 Å². The van der Waals surface area contributed by atoms with E-state index < -0.39 is 0 Å². The van der Waals surface area contributed by atoms with E-state index in [2.05, 4.69) is 20.8 Å². The van der Waals surface area contributed by atoms with Crippen LogP contribution in [-0.2, 0) is 0 Å². The summed E-state index contributed by atoms with van der Waals surface area (Å²) >= 11 is 0. The molecule has 1 aliphatic rings. The van der Waals surface area contributed by atoms with Gasteiger partial charge in [0.2, 0.25) is 0 Å². The van der Waals surface area contributed by atoms with Crippen LogP contribution in [0.5, 0.6) is 5.95 Å². The normalized spacial score (nSPS) is 27.1. The van der Waals surface area contributed by atoms with Gasteiger partial charge in [-0.25, -0.2) is 0 Å². The quantitative estimate of drug-likeness (QED) is 0.641. The van der Waals surface area contributed by atoms with E-state index in [1.54, 1.807) is 6.26 Å². The summed E-state index contributed by atoms with van der Waals surface area (Å²) in [4.78, 5) is 0. The van der Waals surface area contributed by atoms with Crippen LogP contribution in [0.4, 0.5) is 0 Å². The molecule has 0 radical (unpaired) electrons. The van der Waals surface area contributed by atoms with Crippen LogP contribution in [0.2, 0.25) is 0 Å². The van der Waals surface area contributed by atoms with E-state index in [-0.39, 0.29) is 6.10 Å². The van der Waals surface area contributed by atoms with Crippen molar-refractivity contribution in [2.75, 3.05) is 0 Å². The summed E-state index contributed by atoms with van der Waals surface area (Å²) in [5, 5.41) is 2.04. The first-order valence-electron chi connectivity index (χ1n) is 8.02. The van der Waals surface area contributed by atoms with E-state index in [0.29, 0.717) is 17.8 Å². The molecule has 21 heavy (non-hydrogen) atoms. The number of fused-ring (bicyclic) bond motifs is 5. The van der Waals surface area contributed by atoms with Gasteiger partial charge in [-0.2, -0.15) is 0 Å². The summed E-state index contributed by atoms with van der Waals surface area (Å²) in [6.07, 6.45) is 5.67. The maximum Gasteiger partial charge on any atom is 0.296 e. The smallest absolute Gasteiger partial charge is 0.296 e. The number of hydrogen-bond acceptors (Lipinski definition) is 3. The van der Waals surface area contributed by atoms with Crippen molar-refractivity contribution in [3.63, 3.8) is 0 Å². The topological polar surface area (TPSA) is 35.5 Å². The molecule has 0 aromatic carbocycles. The molecule has 3 aromatic heterocycles. The van der Waals surface area contributed by atoms with Crippen LogP contribution in [0, 0.1) is 17.8 Å². The van der Waals surface area contributed by atoms with Crippen molar-refractivity contribution in [1.82, 2.24) is 0 Å². The summed E-state index contributed by atoms with van der Waals surface area (Å²) in [5.41, 5.74) is 1.75. The lowest BCUT2D eigenvalue weighted by Crippen LogP contribution is -2.36. The van der Waals surface area contributed by atoms with Crippen molar-refractivity contribution in [2.24, 2.45) is 17.8 Å². The highest BCUT2D eigenvalue weighted by Gasteiger charge is 2.33. The SMILES string of the molecule is CC1CCC(C(C)C)C(Oc2occ3c4ccc(o4)c23)C1. The van der Waals surface area contributed by atoms with Crippen LogP contribution < -0.4 is 4.74 Å². The van der Waals surface area contributed by atoms with Crippen molar-refractivity contribution >= 4 is 21.9 Å². The fourth-order valence-corrected chi connectivity index (χ4v) is 3.85. The Labute approximate surface area is 124 Å². The Morgan fingerprint density at radius 2 is 2.00 bits per heavy atom. The van der Waals surface area contributed by atoms with E-state index >= 15 is 0 Å². The third-order valence-corrected chi connectivity index (χ3v) is 5.09. The lowest BCUT2D eigenvalue weighted by atomic mass is 9.75. The first-order chi connectivity index (χ1) is 10.1. The van der Waals surface area contributed by atoms with Crippen molar-refractivity contribution in [3.05, 3.63) is 18.4 Å². The van der Waals surface area contributed by atoms with Gasteiger partial charge < -0.3 is 13.6 Å². The molecule has 0 amide bonds. The van der Waals surface area contributed by atoms with Crippen LogP contribution in [0.15, 0.2) is 27.2 Å². The number of ether oxygens (including phenoxy) is 1. The van der Waals surface area contributed by atoms with Crippen LogP contribution in [0.3, 0.4) is 0 Å². The van der Waals surface area contributed by atoms with Crippen LogP contribution in [0.25, 0.3) is 21.9 Å². The number of rotatable bonds is 3. The summed E-state index contributed by atoms with van der Waals surface area (Å²) in [5.74, 6) is 2.61. The molecule has 3 heterocycles. The Kier molecular flexibility index (Phi) is 2.91. The second kappa shape index (κ2) is 4.69. The predicted octanol–water partition coefficient (Wildman–Crippen LogP) is 5.46. The molecule has 0 saturated heterocycles. The van der Waals surface area contributed by atoms with Crippen molar-refractivity contribution < 1.29 is 13.6 Å². The molecule has 3 nitrogen and oxygen atoms in total. The Hall–Kier alpha value is -1.64. The largest absolute Gasteiger partial charge is 0.461 e. The fraction of sp³-hybridized carbons (Fsp3) is 0.556. The number of hydrogen-bond donors (Lipinski definition) is 0. The second-order valence-corrected chi connectivity index (χ2v) is 6.96. The third-order valence-electron chi connectivity index (χ3n) is 5.09. The minimum Gasteiger partial charge on any atom is -0.461 e. The zero-order valence-corrected chi connectivity index (χ0v) is 12.9. The van der Waals surface area contributed by atoms with Gasteiger partial charge in [-0.05, 0) is 42.7 Å². The second-order valence-electron chi connectivity index (χ2n) is 6.96. The molecule has 4 rings (SSSR count). The number of furan rings is 3. The van der Waals surface area contributed by atoms with E-state index in [1.807, 2.05) is 12.1 Å². The zero-order chi connectivity index (χ0) is 14.6. The molecular weight excluding hydrogens is 264 g/mol. The molecule has 0 N–H and O–H groups in total. The minimum atomic E-state index is 0.248. The first kappa shape index (κ1) is 13.1. The lowest BCUT2D eigenvalue weighted by molar-refractivity contribution is 0.0302. The Balaban J connectivity index is 1.66. The molecule has 112 valence electrons. The summed E-state index contributed by atoms with van der Waals surface area (Å²) in [7, 11) is 0. The molecule has 3 heteroatoms. The van der Waals surface area contributed by atoms with Crippen LogP contribution in [-0.4, -0.2) is 6.10 Å². The Morgan fingerprint density at radius 1 is 1.19 bits per heavy atom. The van der Waals surface area contributed by atoms with Crippen LogP contribution in [0.1, 0.15) is 40.0 Å². The summed E-state index contributed by atoms with van der Waals surface area (Å²) in [6, 6.07) is 3.97. The van der Waals surface area contributed by atoms with E-state index in [0.717, 1.165) is 34.3 Å². The van der Waals surface area contributed by atoms with Gasteiger partial charge in [0.05, 0.1) is 5.39 Å². The van der Waals surface area contributed by atoms with Gasteiger partial charge in [0.1, 0.15) is 28.9 Å². The molecule has 1 fully saturated rings. The molecule has 0 spiro atoms. The molecule has 1 saturated carbocycles.